The number of anilines is 1. The zero-order chi connectivity index (χ0) is 15.2. The van der Waals surface area contributed by atoms with Crippen molar-refractivity contribution in [3.63, 3.8) is 0 Å². The minimum Gasteiger partial charge on any atom is -0.320 e. The van der Waals surface area contributed by atoms with Crippen LogP contribution in [-0.4, -0.2) is 10.8 Å². The number of hydrogen-bond acceptors (Lipinski definition) is 2. The summed E-state index contributed by atoms with van der Waals surface area (Å²) in [5, 5.41) is 8.01. The van der Waals surface area contributed by atoms with Crippen molar-refractivity contribution in [2.45, 2.75) is 12.7 Å². The van der Waals surface area contributed by atoms with Gasteiger partial charge >= 0.3 is 6.18 Å². The Morgan fingerprint density at radius 3 is 2.52 bits per heavy atom. The van der Waals surface area contributed by atoms with Crippen molar-refractivity contribution in [1.29, 1.82) is 5.41 Å². The van der Waals surface area contributed by atoms with E-state index in [0.29, 0.717) is 17.8 Å². The third-order valence-electron chi connectivity index (χ3n) is 3.28. The van der Waals surface area contributed by atoms with Crippen molar-refractivity contribution in [3.8, 4) is 0 Å². The Balaban J connectivity index is 1.91. The lowest BCUT2D eigenvalue weighted by atomic mass is 10.1. The molecule has 3 nitrogen and oxygen atoms in total. The van der Waals surface area contributed by atoms with Crippen LogP contribution in [0.1, 0.15) is 16.8 Å². The zero-order valence-corrected chi connectivity index (χ0v) is 10.6. The Hall–Kier alpha value is -2.44. The minimum absolute atomic E-state index is 0.0473. The molecule has 1 aliphatic rings. The Kier molecular flexibility index (Phi) is 2.93. The number of alkyl halides is 3. The summed E-state index contributed by atoms with van der Waals surface area (Å²) in [6.45, 7) is 0.307. The highest BCUT2D eigenvalue weighted by Gasteiger charge is 2.33. The molecule has 0 radical (unpaired) electrons. The van der Waals surface area contributed by atoms with Crippen LogP contribution >= 0.6 is 0 Å². The highest BCUT2D eigenvalue weighted by atomic mass is 19.4. The van der Waals surface area contributed by atoms with E-state index in [0.717, 1.165) is 17.8 Å². The molecule has 0 fully saturated rings. The molecule has 1 aromatic heterocycles. The summed E-state index contributed by atoms with van der Waals surface area (Å²) in [5.74, 6) is -0.406. The first-order valence-corrected chi connectivity index (χ1v) is 6.04. The largest absolute Gasteiger partial charge is 0.433 e. The molecule has 7 heteroatoms. The van der Waals surface area contributed by atoms with Gasteiger partial charge in [-0.3, -0.25) is 5.41 Å². The van der Waals surface area contributed by atoms with Gasteiger partial charge in [0.1, 0.15) is 17.3 Å². The lowest BCUT2D eigenvalue weighted by Gasteiger charge is -2.18. The summed E-state index contributed by atoms with van der Waals surface area (Å²) in [4.78, 5) is 4.86. The number of halogens is 4. The average molecular weight is 295 g/mol. The van der Waals surface area contributed by atoms with Gasteiger partial charge in [-0.25, -0.2) is 9.37 Å². The normalized spacial score (nSPS) is 14.5. The van der Waals surface area contributed by atoms with Crippen LogP contribution in [0, 0.1) is 11.2 Å². The fraction of sp³-hybridized carbons (Fsp3) is 0.143. The van der Waals surface area contributed by atoms with Crippen LogP contribution < -0.4 is 4.90 Å². The fourth-order valence-corrected chi connectivity index (χ4v) is 2.24. The van der Waals surface area contributed by atoms with Crippen molar-refractivity contribution in [1.82, 2.24) is 4.98 Å². The first-order valence-electron chi connectivity index (χ1n) is 6.04. The lowest BCUT2D eigenvalue weighted by Crippen LogP contribution is -2.23. The third-order valence-corrected chi connectivity index (χ3v) is 3.28. The molecule has 0 saturated heterocycles. The number of nitrogens with zero attached hydrogens (tertiary/aromatic N) is 2. The van der Waals surface area contributed by atoms with Crippen molar-refractivity contribution in [3.05, 3.63) is 59.2 Å². The smallest absolute Gasteiger partial charge is 0.320 e. The van der Waals surface area contributed by atoms with Crippen LogP contribution in [-0.2, 0) is 12.7 Å². The van der Waals surface area contributed by atoms with Crippen molar-refractivity contribution in [2.24, 2.45) is 0 Å². The van der Waals surface area contributed by atoms with Gasteiger partial charge in [-0.2, -0.15) is 13.2 Å². The number of aromatic nitrogens is 1. The van der Waals surface area contributed by atoms with Gasteiger partial charge in [0.15, 0.2) is 0 Å². The van der Waals surface area contributed by atoms with Gasteiger partial charge in [0.2, 0.25) is 0 Å². The highest BCUT2D eigenvalue weighted by molar-refractivity contribution is 6.11. The van der Waals surface area contributed by atoms with Gasteiger partial charge in [0, 0.05) is 5.56 Å². The van der Waals surface area contributed by atoms with Crippen molar-refractivity contribution < 1.29 is 17.6 Å². The first-order chi connectivity index (χ1) is 9.86. The Morgan fingerprint density at radius 2 is 1.90 bits per heavy atom. The number of pyridine rings is 1. The molecule has 1 aromatic carbocycles. The highest BCUT2D eigenvalue weighted by Crippen LogP contribution is 2.31. The second-order valence-electron chi connectivity index (χ2n) is 4.64. The monoisotopic (exact) mass is 295 g/mol. The average Bonchev–Trinajstić information content (AvgIpc) is 2.75. The summed E-state index contributed by atoms with van der Waals surface area (Å²) in [6, 6.07) is 6.23. The molecule has 0 bridgehead atoms. The number of benzene rings is 1. The molecule has 2 aromatic rings. The number of fused-ring (bicyclic) bond motifs is 1. The lowest BCUT2D eigenvalue weighted by molar-refractivity contribution is -0.141. The molecule has 2 heterocycles. The maximum absolute atomic E-state index is 13.2. The van der Waals surface area contributed by atoms with E-state index >= 15 is 0 Å². The Bertz CT molecular complexity index is 707. The molecule has 1 aliphatic heterocycles. The van der Waals surface area contributed by atoms with Gasteiger partial charge in [-0.05, 0) is 29.8 Å². The third kappa shape index (κ3) is 2.35. The minimum atomic E-state index is -4.50. The maximum Gasteiger partial charge on any atom is 0.433 e. The molecule has 1 N–H and O–H groups in total. The summed E-state index contributed by atoms with van der Waals surface area (Å²) in [6.07, 6.45) is -3.43. The summed E-state index contributed by atoms with van der Waals surface area (Å²) in [5.41, 5.74) is 0.571. The Labute approximate surface area is 117 Å². The van der Waals surface area contributed by atoms with E-state index in [1.54, 1.807) is 6.07 Å². The molecular weight excluding hydrogens is 286 g/mol. The van der Waals surface area contributed by atoms with Crippen LogP contribution in [0.15, 0.2) is 36.5 Å². The van der Waals surface area contributed by atoms with Crippen LogP contribution in [0.2, 0.25) is 0 Å². The van der Waals surface area contributed by atoms with E-state index < -0.39 is 17.7 Å². The maximum atomic E-state index is 13.2. The van der Waals surface area contributed by atoms with Crippen LogP contribution in [0.25, 0.3) is 0 Å². The quantitative estimate of drug-likeness (QED) is 0.817. The molecule has 108 valence electrons. The first kappa shape index (κ1) is 13.5. The number of hydrogen-bond donors (Lipinski definition) is 1. The fourth-order valence-electron chi connectivity index (χ4n) is 2.24. The predicted octanol–water partition coefficient (Wildman–Crippen LogP) is 3.59. The molecule has 0 spiro atoms. The van der Waals surface area contributed by atoms with Gasteiger partial charge in [-0.1, -0.05) is 6.07 Å². The molecule has 0 aliphatic carbocycles. The van der Waals surface area contributed by atoms with E-state index in [4.69, 9.17) is 5.41 Å². The van der Waals surface area contributed by atoms with Crippen LogP contribution in [0.5, 0.6) is 0 Å². The predicted molar refractivity (Wildman–Crippen MR) is 68.7 cm³/mol. The van der Waals surface area contributed by atoms with E-state index in [1.165, 1.54) is 23.1 Å². The van der Waals surface area contributed by atoms with E-state index in [1.807, 2.05) is 0 Å². The van der Waals surface area contributed by atoms with E-state index in [2.05, 4.69) is 4.98 Å². The zero-order valence-electron chi connectivity index (χ0n) is 10.6. The van der Waals surface area contributed by atoms with Crippen LogP contribution in [0.4, 0.5) is 23.2 Å². The van der Waals surface area contributed by atoms with Crippen LogP contribution in [0.3, 0.4) is 0 Å². The molecule has 3 rings (SSSR count). The Morgan fingerprint density at radius 1 is 1.14 bits per heavy atom. The molecule has 0 unspecified atom stereocenters. The van der Waals surface area contributed by atoms with Crippen molar-refractivity contribution in [2.75, 3.05) is 4.90 Å². The van der Waals surface area contributed by atoms with Gasteiger partial charge < -0.3 is 4.90 Å². The molecule has 0 atom stereocenters. The summed E-state index contributed by atoms with van der Waals surface area (Å²) < 4.78 is 50.6. The van der Waals surface area contributed by atoms with Gasteiger partial charge in [0.25, 0.3) is 0 Å². The molecular formula is C14H9F4N3. The summed E-state index contributed by atoms with van der Waals surface area (Å²) >= 11 is 0. The van der Waals surface area contributed by atoms with Crippen molar-refractivity contribution >= 4 is 11.5 Å². The number of rotatable bonds is 1. The van der Waals surface area contributed by atoms with E-state index in [-0.39, 0.29) is 5.84 Å². The second-order valence-corrected chi connectivity index (χ2v) is 4.64. The topological polar surface area (TPSA) is 40.0 Å². The van der Waals surface area contributed by atoms with Gasteiger partial charge in [-0.15, -0.1) is 0 Å². The van der Waals surface area contributed by atoms with Gasteiger partial charge in [0.05, 0.1) is 18.4 Å². The number of nitrogens with one attached hydrogen (secondary N) is 1. The standard InChI is InChI=1S/C14H9F4N3/c15-9-2-1-8-7-21(13(19)11(8)5-9)10-3-4-12(20-6-10)14(16,17)18/h1-6,19H,7H2. The molecule has 0 saturated carbocycles. The van der Waals surface area contributed by atoms with E-state index in [9.17, 15) is 17.6 Å². The molecule has 0 amide bonds. The number of amidine groups is 1. The SMILES string of the molecule is N=C1c2cc(F)ccc2CN1c1ccc(C(F)(F)F)nc1. The molecule has 21 heavy (non-hydrogen) atoms. The second kappa shape index (κ2) is 4.54. The summed E-state index contributed by atoms with van der Waals surface area (Å²) in [7, 11) is 0.